The first-order valence-corrected chi connectivity index (χ1v) is 32.3. The number of para-hydroxylation sites is 6. The molecule has 93 heavy (non-hydrogen) atoms. The molecule has 0 N–H and O–H groups in total. The van der Waals surface area contributed by atoms with Gasteiger partial charge in [-0.15, -0.1) is 0 Å². The van der Waals surface area contributed by atoms with E-state index in [1.165, 1.54) is 176 Å². The van der Waals surface area contributed by atoms with Crippen LogP contribution in [0.15, 0.2) is 328 Å². The second-order valence-electron chi connectivity index (χ2n) is 25.6. The molecule has 0 fully saturated rings. The number of fused-ring (bicyclic) bond motifs is 17. The van der Waals surface area contributed by atoms with Gasteiger partial charge in [0.2, 0.25) is 0 Å². The van der Waals surface area contributed by atoms with E-state index < -0.39 is 0 Å². The van der Waals surface area contributed by atoms with Crippen LogP contribution < -0.4 is 0 Å². The fourth-order valence-electron chi connectivity index (χ4n) is 15.7. The number of aromatic nitrogens is 4. The van der Waals surface area contributed by atoms with Crippen molar-refractivity contribution in [3.8, 4) is 56.1 Å². The lowest BCUT2D eigenvalue weighted by atomic mass is 9.81. The summed E-state index contributed by atoms with van der Waals surface area (Å²) < 4.78 is 9.61. The summed E-state index contributed by atoms with van der Waals surface area (Å²) in [5, 5.41) is 15.3. The van der Waals surface area contributed by atoms with Crippen molar-refractivity contribution >= 4 is 109 Å². The van der Waals surface area contributed by atoms with Gasteiger partial charge in [-0.3, -0.25) is 0 Å². The van der Waals surface area contributed by atoms with Crippen LogP contribution in [0.1, 0.15) is 25.0 Å². The van der Waals surface area contributed by atoms with Gasteiger partial charge in [0.05, 0.1) is 44.1 Å². The van der Waals surface area contributed by atoms with Crippen molar-refractivity contribution in [2.24, 2.45) is 0 Å². The monoisotopic (exact) mass is 1180 g/mol. The highest BCUT2D eigenvalue weighted by atomic mass is 15.0. The maximum absolute atomic E-state index is 2.46. The lowest BCUT2D eigenvalue weighted by molar-refractivity contribution is 0.660. The zero-order valence-corrected chi connectivity index (χ0v) is 51.5. The molecular formula is C89H60N4. The Morgan fingerprint density at radius 3 is 0.935 bits per heavy atom. The zero-order chi connectivity index (χ0) is 61.5. The molecule has 0 aliphatic heterocycles. The second-order valence-corrected chi connectivity index (χ2v) is 25.6. The summed E-state index contributed by atoms with van der Waals surface area (Å²) in [6.07, 6.45) is 0. The first-order valence-electron chi connectivity index (χ1n) is 32.3. The van der Waals surface area contributed by atoms with Gasteiger partial charge < -0.3 is 18.3 Å². The van der Waals surface area contributed by atoms with Crippen molar-refractivity contribution in [3.05, 3.63) is 339 Å². The summed E-state index contributed by atoms with van der Waals surface area (Å²) in [7, 11) is 0. The van der Waals surface area contributed by atoms with Crippen molar-refractivity contribution in [2.75, 3.05) is 0 Å². The Balaban J connectivity index is 0.000000135. The third-order valence-electron chi connectivity index (χ3n) is 20.2. The summed E-state index contributed by atoms with van der Waals surface area (Å²) in [6, 6.07) is 120. The molecule has 0 atom stereocenters. The SMILES string of the molecule is CC1(C)c2cc(-n3c4ccccc4c4cc(-c5ccc6c(c5)c5ccccc5n6-c5ccccc5)ccc43)ccc2-c2cc3ccccc3cc21.c1ccc(-n2c3ccccc3c3cc(-c4ccc5c(c4)c4ccccc4n5-c4ccc5ccccc5c4)ccc32)cc1. The summed E-state index contributed by atoms with van der Waals surface area (Å²) in [6.45, 7) is 4.75. The first kappa shape index (κ1) is 52.9. The summed E-state index contributed by atoms with van der Waals surface area (Å²) >= 11 is 0. The number of hydrogen-bond donors (Lipinski definition) is 0. The van der Waals surface area contributed by atoms with E-state index >= 15 is 0 Å². The Labute approximate surface area is 537 Å². The number of rotatable bonds is 6. The predicted molar refractivity (Wildman–Crippen MR) is 394 cm³/mol. The Morgan fingerprint density at radius 2 is 0.505 bits per heavy atom. The quantitative estimate of drug-likeness (QED) is 0.158. The molecule has 0 saturated heterocycles. The largest absolute Gasteiger partial charge is 0.309 e. The molecular weight excluding hydrogens is 1130 g/mol. The van der Waals surface area contributed by atoms with E-state index in [-0.39, 0.29) is 5.41 Å². The van der Waals surface area contributed by atoms with E-state index in [9.17, 15) is 0 Å². The van der Waals surface area contributed by atoms with Crippen molar-refractivity contribution in [1.82, 2.24) is 18.3 Å². The van der Waals surface area contributed by atoms with Crippen molar-refractivity contribution in [2.45, 2.75) is 19.3 Å². The second kappa shape index (κ2) is 20.5. The summed E-state index contributed by atoms with van der Waals surface area (Å²) in [5.74, 6) is 0. The fourth-order valence-corrected chi connectivity index (χ4v) is 15.7. The third kappa shape index (κ3) is 8.18. The minimum atomic E-state index is -0.0983. The van der Waals surface area contributed by atoms with Crippen LogP contribution in [-0.4, -0.2) is 18.3 Å². The van der Waals surface area contributed by atoms with E-state index in [0.29, 0.717) is 0 Å². The van der Waals surface area contributed by atoms with Gasteiger partial charge in [0.1, 0.15) is 0 Å². The Kier molecular flexibility index (Phi) is 11.7. The molecule has 4 heteroatoms. The van der Waals surface area contributed by atoms with E-state index in [4.69, 9.17) is 0 Å². The van der Waals surface area contributed by atoms with Gasteiger partial charge in [-0.05, 0) is 200 Å². The van der Waals surface area contributed by atoms with Crippen molar-refractivity contribution < 1.29 is 0 Å². The molecule has 19 aromatic rings. The molecule has 0 unspecified atom stereocenters. The van der Waals surface area contributed by atoms with Crippen LogP contribution in [0.3, 0.4) is 0 Å². The lowest BCUT2D eigenvalue weighted by Crippen LogP contribution is -2.15. The van der Waals surface area contributed by atoms with Crippen molar-refractivity contribution in [3.63, 3.8) is 0 Å². The fraction of sp³-hybridized carbons (Fsp3) is 0.0337. The van der Waals surface area contributed by atoms with E-state index in [0.717, 1.165) is 0 Å². The Hall–Kier alpha value is -12.0. The minimum Gasteiger partial charge on any atom is -0.309 e. The average molecular weight is 1190 g/mol. The third-order valence-corrected chi connectivity index (χ3v) is 20.2. The van der Waals surface area contributed by atoms with Crippen LogP contribution in [0, 0.1) is 0 Å². The molecule has 15 aromatic carbocycles. The molecule has 0 radical (unpaired) electrons. The highest BCUT2D eigenvalue weighted by molar-refractivity contribution is 6.15. The number of benzene rings is 15. The highest BCUT2D eigenvalue weighted by Gasteiger charge is 2.36. The smallest absolute Gasteiger partial charge is 0.0541 e. The molecule has 1 aliphatic rings. The molecule has 0 bridgehead atoms. The van der Waals surface area contributed by atoms with Crippen LogP contribution in [0.25, 0.3) is 165 Å². The Morgan fingerprint density at radius 1 is 0.194 bits per heavy atom. The summed E-state index contributed by atoms with van der Waals surface area (Å²) in [5.41, 5.74) is 24.8. The molecule has 436 valence electrons. The van der Waals surface area contributed by atoms with Crippen LogP contribution in [0.4, 0.5) is 0 Å². The molecule has 0 saturated carbocycles. The Bertz CT molecular complexity index is 6270. The van der Waals surface area contributed by atoms with E-state index in [2.05, 4.69) is 360 Å². The zero-order valence-electron chi connectivity index (χ0n) is 51.5. The lowest BCUT2D eigenvalue weighted by Gasteiger charge is -2.22. The first-order chi connectivity index (χ1) is 45.9. The molecule has 4 aromatic heterocycles. The number of nitrogens with zero attached hydrogens (tertiary/aromatic N) is 4. The molecule has 4 heterocycles. The summed E-state index contributed by atoms with van der Waals surface area (Å²) in [4.78, 5) is 0. The van der Waals surface area contributed by atoms with Crippen LogP contribution in [-0.2, 0) is 5.41 Å². The minimum absolute atomic E-state index is 0.0983. The van der Waals surface area contributed by atoms with Crippen LogP contribution in [0.5, 0.6) is 0 Å². The van der Waals surface area contributed by atoms with Gasteiger partial charge in [0.15, 0.2) is 0 Å². The maximum atomic E-state index is 2.46. The maximum Gasteiger partial charge on any atom is 0.0541 e. The topological polar surface area (TPSA) is 19.7 Å². The molecule has 0 amide bonds. The molecule has 1 aliphatic carbocycles. The average Bonchev–Trinajstić information content (AvgIpc) is 1.62. The van der Waals surface area contributed by atoms with Gasteiger partial charge in [-0.2, -0.15) is 0 Å². The van der Waals surface area contributed by atoms with Crippen LogP contribution in [0.2, 0.25) is 0 Å². The molecule has 4 nitrogen and oxygen atoms in total. The standard InChI is InChI=1S/C49H34N2.C40H26N2/c1-49(2)43-29-32-13-7-6-12-31(32)26-40(43)37-23-22-36(30-44(37)49)51-46-19-11-9-17-39(46)42-28-34(21-25-48(42)51)33-20-24-47-41(27-33)38-16-8-10-18-45(38)50(47)35-14-4-3-5-15-35;1-2-12-31(13-3-1)41-37-16-8-6-14-33(37)35-25-29(19-22-39(35)41)30-20-23-40-36(26-30)34-15-7-9-17-38(34)42(40)32-21-18-27-10-4-5-11-28(27)24-32/h3-30H,1-2H3;1-26H. The van der Waals surface area contributed by atoms with Gasteiger partial charge in [0.25, 0.3) is 0 Å². The molecule has 20 rings (SSSR count). The normalized spacial score (nSPS) is 12.7. The molecule has 0 spiro atoms. The van der Waals surface area contributed by atoms with Gasteiger partial charge in [-0.25, -0.2) is 0 Å². The van der Waals surface area contributed by atoms with Gasteiger partial charge in [0, 0.05) is 71.3 Å². The van der Waals surface area contributed by atoms with E-state index in [1.54, 1.807) is 0 Å². The van der Waals surface area contributed by atoms with E-state index in [1.807, 2.05) is 0 Å². The predicted octanol–water partition coefficient (Wildman–Crippen LogP) is 23.7. The van der Waals surface area contributed by atoms with Crippen molar-refractivity contribution in [1.29, 1.82) is 0 Å². The highest BCUT2D eigenvalue weighted by Crippen LogP contribution is 2.51. The van der Waals surface area contributed by atoms with Crippen LogP contribution >= 0.6 is 0 Å². The van der Waals surface area contributed by atoms with Gasteiger partial charge >= 0.3 is 0 Å². The van der Waals surface area contributed by atoms with Gasteiger partial charge in [-0.1, -0.05) is 208 Å². The number of hydrogen-bond acceptors (Lipinski definition) is 0.